The highest BCUT2D eigenvalue weighted by Crippen LogP contribution is 2.36. The summed E-state index contributed by atoms with van der Waals surface area (Å²) in [4.78, 5) is 41.0. The number of rotatable bonds is 10. The monoisotopic (exact) mass is 1040 g/mol. The largest absolute Gasteiger partial charge is 0.478 e. The van der Waals surface area contributed by atoms with Crippen molar-refractivity contribution in [2.75, 3.05) is 71.0 Å². The summed E-state index contributed by atoms with van der Waals surface area (Å²) >= 11 is 0. The maximum absolute atomic E-state index is 13.9. The van der Waals surface area contributed by atoms with E-state index in [-0.39, 0.29) is 23.2 Å². The van der Waals surface area contributed by atoms with Crippen molar-refractivity contribution >= 4 is 66.2 Å². The van der Waals surface area contributed by atoms with E-state index in [1.54, 1.807) is 31.2 Å². The first-order chi connectivity index (χ1) is 34.7. The minimum atomic E-state index is -3.53. The van der Waals surface area contributed by atoms with Crippen LogP contribution in [0.4, 0.5) is 23.0 Å². The van der Waals surface area contributed by atoms with Crippen molar-refractivity contribution in [1.82, 2.24) is 39.4 Å². The maximum Gasteiger partial charge on any atom is 0.337 e. The van der Waals surface area contributed by atoms with Gasteiger partial charge in [0.15, 0.2) is 11.3 Å². The van der Waals surface area contributed by atoms with Gasteiger partial charge in [-0.25, -0.2) is 31.6 Å². The number of aryl methyl sites for hydroxylation is 4. The third-order valence-corrected chi connectivity index (χ3v) is 15.3. The number of sulfonamides is 2. The number of nitrogens with zero attached hydrogens (tertiary/aromatic N) is 9. The average molecular weight is 1040 g/mol. The Kier molecular flexibility index (Phi) is 16.0. The summed E-state index contributed by atoms with van der Waals surface area (Å²) < 4.78 is 54.5. The first-order valence-corrected chi connectivity index (χ1v) is 29.1. The number of aromatic carboxylic acids is 1. The lowest BCUT2D eigenvalue weighted by atomic mass is 9.97. The van der Waals surface area contributed by atoms with Crippen LogP contribution >= 0.6 is 0 Å². The van der Waals surface area contributed by atoms with E-state index in [1.807, 2.05) is 29.3 Å². The summed E-state index contributed by atoms with van der Waals surface area (Å²) in [6.45, 7) is 18.0. The molecule has 0 saturated carbocycles. The molecule has 4 aliphatic rings. The number of anilines is 4. The van der Waals surface area contributed by atoms with E-state index < -0.39 is 26.0 Å². The van der Waals surface area contributed by atoms with E-state index in [0.29, 0.717) is 23.8 Å². The molecule has 21 heteroatoms. The summed E-state index contributed by atoms with van der Waals surface area (Å²) in [5.74, 6) is 0.992. The van der Waals surface area contributed by atoms with Gasteiger partial charge in [0.05, 0.1) is 58.5 Å². The molecule has 2 atom stereocenters. The lowest BCUT2D eigenvalue weighted by Crippen LogP contribution is -2.39. The van der Waals surface area contributed by atoms with Crippen molar-refractivity contribution in [1.29, 1.82) is 0 Å². The number of carbonyl (C=O) groups excluding carboxylic acids is 1. The van der Waals surface area contributed by atoms with E-state index in [2.05, 4.69) is 55.9 Å². The molecule has 0 spiro atoms. The van der Waals surface area contributed by atoms with E-state index in [0.717, 1.165) is 121 Å². The molecule has 4 N–H and O–H groups in total. The molecule has 4 aliphatic heterocycles. The van der Waals surface area contributed by atoms with Crippen molar-refractivity contribution in [3.8, 4) is 0 Å². The number of carboxylic acids is 1. The quantitative estimate of drug-likeness (QED) is 0.103. The Bertz CT molecular complexity index is 3250. The minimum absolute atomic E-state index is 0.0552. The number of nitrogens with one attached hydrogen (secondary N) is 3. The van der Waals surface area contributed by atoms with Crippen LogP contribution in [-0.4, -0.2) is 120 Å². The molecule has 4 fully saturated rings. The average Bonchev–Trinajstić information content (AvgIpc) is 4.20. The predicted octanol–water partition coefficient (Wildman–Crippen LogP) is 7.82. The second kappa shape index (κ2) is 22.0. The highest BCUT2D eigenvalue weighted by Gasteiger charge is 2.33. The van der Waals surface area contributed by atoms with Crippen molar-refractivity contribution in [3.63, 3.8) is 0 Å². The molecule has 2 aromatic carbocycles. The minimum Gasteiger partial charge on any atom is -0.478 e. The Balaban J connectivity index is 0.000000163. The van der Waals surface area contributed by atoms with Crippen LogP contribution in [0.3, 0.4) is 0 Å². The van der Waals surface area contributed by atoms with Gasteiger partial charge in [-0.05, 0) is 130 Å². The number of benzene rings is 2. The number of hydrogen-bond acceptors (Lipinski definition) is 13. The van der Waals surface area contributed by atoms with Gasteiger partial charge in [-0.15, -0.1) is 0 Å². The molecular weight excluding hydrogens is 969 g/mol. The van der Waals surface area contributed by atoms with Gasteiger partial charge in [-0.3, -0.25) is 14.2 Å². The van der Waals surface area contributed by atoms with Crippen molar-refractivity contribution in [3.05, 3.63) is 105 Å². The maximum atomic E-state index is 13.9. The Morgan fingerprint density at radius 3 is 1.56 bits per heavy atom. The Morgan fingerprint density at radius 2 is 1.07 bits per heavy atom. The smallest absolute Gasteiger partial charge is 0.337 e. The number of likely N-dealkylation sites (tertiary alicyclic amines) is 1. The second-order valence-corrected chi connectivity index (χ2v) is 23.5. The van der Waals surface area contributed by atoms with Gasteiger partial charge in [-0.2, -0.15) is 19.2 Å². The summed E-state index contributed by atoms with van der Waals surface area (Å²) in [6.07, 6.45) is 13.4. The van der Waals surface area contributed by atoms with Crippen LogP contribution in [0.1, 0.15) is 142 Å². The first kappa shape index (κ1) is 53.0. The molecule has 392 valence electrons. The molecule has 1 amide bonds. The van der Waals surface area contributed by atoms with Crippen molar-refractivity contribution in [2.45, 2.75) is 118 Å². The zero-order chi connectivity index (χ0) is 52.4. The topological polar surface area (TPSA) is 229 Å². The van der Waals surface area contributed by atoms with E-state index in [9.17, 15) is 26.4 Å². The normalized spacial score (nSPS) is 18.3. The molecule has 0 bridgehead atoms. The molecule has 6 aromatic rings. The van der Waals surface area contributed by atoms with Crippen molar-refractivity contribution < 1.29 is 31.5 Å². The van der Waals surface area contributed by atoms with Gasteiger partial charge in [-0.1, -0.05) is 29.7 Å². The standard InChI is InChI=1S/C26H34N6O3S.C17H25N5.C9H11NO4S/c1-17-10-11-21(29-36(4,34)35)20(15-17)26(33)31-14-6-5-9-23(31)22-16-24-27-19(3)18(2)25(32(24)28-22)30-12-7-8-13-30;1-12-13(2)19-16-11-15(14-7-3-4-8-18-14)20-22(16)17(12)21-9-5-6-10-21;1-6-3-4-8(10-15(2,13)14)7(5-6)9(11)12/h10-11,15-16,23,29H,5-9,12-14H2,1-4H3;11,14,18H,3-10H2,1-2H3;3-5,10H,1-2H3,(H,11,12)/t23-;14-;/m00./s1. The highest BCUT2D eigenvalue weighted by atomic mass is 32.2. The number of carboxylic acid groups (broad SMARTS) is 1. The van der Waals surface area contributed by atoms with Crippen LogP contribution < -0.4 is 24.6 Å². The third kappa shape index (κ3) is 12.4. The number of aromatic nitrogens is 6. The SMILES string of the molecule is Cc1ccc(NS(C)(=O)=O)c(C(=O)N2CCCC[C@H]2c2cc3nc(C)c(C)c(N4CCCC4)n3n2)c1.Cc1ccc(NS(C)(=O)=O)c(C(=O)O)c1.Cc1nc2cc([C@@H]3CCCCN3)nn2c(N2CCCC2)c1C. The van der Waals surface area contributed by atoms with Gasteiger partial charge in [0, 0.05) is 67.4 Å². The zero-order valence-corrected chi connectivity index (χ0v) is 45.0. The number of piperidine rings is 2. The molecule has 0 unspecified atom stereocenters. The van der Waals surface area contributed by atoms with Gasteiger partial charge < -0.3 is 25.1 Å². The Hall–Kier alpha value is -6.32. The molecule has 10 rings (SSSR count). The molecule has 8 heterocycles. The van der Waals surface area contributed by atoms with Gasteiger partial charge in [0.25, 0.3) is 5.91 Å². The lowest BCUT2D eigenvalue weighted by Gasteiger charge is -2.35. The molecule has 0 aliphatic carbocycles. The van der Waals surface area contributed by atoms with Crippen LogP contribution in [0.25, 0.3) is 11.3 Å². The summed E-state index contributed by atoms with van der Waals surface area (Å²) in [5, 5.41) is 22.4. The van der Waals surface area contributed by atoms with Gasteiger partial charge in [0.2, 0.25) is 20.0 Å². The van der Waals surface area contributed by atoms with E-state index in [4.69, 9.17) is 25.3 Å². The fourth-order valence-corrected chi connectivity index (χ4v) is 11.5. The van der Waals surface area contributed by atoms with Crippen LogP contribution in [0, 0.1) is 41.5 Å². The molecule has 73 heavy (non-hydrogen) atoms. The third-order valence-electron chi connectivity index (χ3n) is 14.1. The Morgan fingerprint density at radius 1 is 0.603 bits per heavy atom. The van der Waals surface area contributed by atoms with Crippen LogP contribution in [-0.2, 0) is 20.0 Å². The predicted molar refractivity (Wildman–Crippen MR) is 286 cm³/mol. The molecule has 19 nitrogen and oxygen atoms in total. The van der Waals surface area contributed by atoms with Crippen molar-refractivity contribution in [2.24, 2.45) is 0 Å². The lowest BCUT2D eigenvalue weighted by molar-refractivity contribution is 0.0606. The van der Waals surface area contributed by atoms with E-state index in [1.165, 1.54) is 68.5 Å². The number of hydrogen-bond donors (Lipinski definition) is 4. The Labute approximate surface area is 428 Å². The molecule has 4 aromatic heterocycles. The summed E-state index contributed by atoms with van der Waals surface area (Å²) in [7, 11) is -6.99. The zero-order valence-electron chi connectivity index (χ0n) is 43.3. The number of carbonyl (C=O) groups is 2. The number of fused-ring (bicyclic) bond motifs is 2. The second-order valence-electron chi connectivity index (χ2n) is 20.0. The molecule has 0 radical (unpaired) electrons. The van der Waals surface area contributed by atoms with Crippen LogP contribution in [0.5, 0.6) is 0 Å². The first-order valence-electron chi connectivity index (χ1n) is 25.3. The fourth-order valence-electron chi connectivity index (χ4n) is 10.3. The summed E-state index contributed by atoms with van der Waals surface area (Å²) in [5.41, 5.74) is 10.6. The van der Waals surface area contributed by atoms with Gasteiger partial charge >= 0.3 is 5.97 Å². The van der Waals surface area contributed by atoms with Gasteiger partial charge in [0.1, 0.15) is 11.6 Å². The summed E-state index contributed by atoms with van der Waals surface area (Å²) in [6, 6.07) is 14.1. The number of amides is 1. The molecule has 4 saturated heterocycles. The highest BCUT2D eigenvalue weighted by molar-refractivity contribution is 7.92. The molecular formula is C52H70N12O7S2. The fraction of sp³-hybridized carbons (Fsp3) is 0.500. The van der Waals surface area contributed by atoms with Crippen LogP contribution in [0.15, 0.2) is 48.5 Å². The van der Waals surface area contributed by atoms with E-state index >= 15 is 0 Å². The van der Waals surface area contributed by atoms with Crippen LogP contribution in [0.2, 0.25) is 0 Å².